The number of anilines is 1. The number of nitrogens with zero attached hydrogens (tertiary/aromatic N) is 3. The number of aromatic nitrogens is 2. The van der Waals surface area contributed by atoms with E-state index in [1.807, 2.05) is 0 Å². The van der Waals surface area contributed by atoms with Crippen LogP contribution in [0.4, 0.5) is 5.95 Å². The van der Waals surface area contributed by atoms with Gasteiger partial charge < -0.3 is 14.6 Å². The fourth-order valence-electron chi connectivity index (χ4n) is 2.18. The van der Waals surface area contributed by atoms with Gasteiger partial charge in [0.05, 0.1) is 6.61 Å². The van der Waals surface area contributed by atoms with Crippen molar-refractivity contribution in [3.8, 4) is 0 Å². The molecule has 0 spiro atoms. The SMILES string of the molecule is C=CC(=O)N1CCN(c2nc(C(=O)OCC)c(C)[nH]2)C(=O)C1. The average Bonchev–Trinajstić information content (AvgIpc) is 2.88. The zero-order valence-corrected chi connectivity index (χ0v) is 12.6. The molecular formula is C14H18N4O4. The van der Waals surface area contributed by atoms with Crippen molar-refractivity contribution < 1.29 is 19.1 Å². The zero-order chi connectivity index (χ0) is 16.3. The van der Waals surface area contributed by atoms with Crippen LogP contribution in [0, 0.1) is 6.92 Å². The maximum atomic E-state index is 12.2. The fraction of sp³-hybridized carbons (Fsp3) is 0.429. The highest BCUT2D eigenvalue weighted by molar-refractivity contribution is 5.99. The van der Waals surface area contributed by atoms with Crippen LogP contribution in [0.1, 0.15) is 23.1 Å². The van der Waals surface area contributed by atoms with Crippen LogP contribution in [-0.4, -0.2) is 58.9 Å². The summed E-state index contributed by atoms with van der Waals surface area (Å²) in [4.78, 5) is 45.3. The van der Waals surface area contributed by atoms with E-state index in [-0.39, 0.29) is 36.6 Å². The molecule has 0 aromatic carbocycles. The topological polar surface area (TPSA) is 95.6 Å². The van der Waals surface area contributed by atoms with E-state index in [2.05, 4.69) is 16.5 Å². The van der Waals surface area contributed by atoms with Crippen molar-refractivity contribution in [3.63, 3.8) is 0 Å². The first kappa shape index (κ1) is 15.7. The summed E-state index contributed by atoms with van der Waals surface area (Å²) in [5.41, 5.74) is 0.695. The number of piperazine rings is 1. The van der Waals surface area contributed by atoms with E-state index in [0.717, 1.165) is 0 Å². The Kier molecular flexibility index (Phi) is 4.59. The summed E-state index contributed by atoms with van der Waals surface area (Å²) < 4.78 is 4.91. The summed E-state index contributed by atoms with van der Waals surface area (Å²) in [7, 11) is 0. The van der Waals surface area contributed by atoms with E-state index in [4.69, 9.17) is 4.74 Å². The Bertz CT molecular complexity index is 622. The molecule has 0 atom stereocenters. The van der Waals surface area contributed by atoms with Crippen LogP contribution in [-0.2, 0) is 14.3 Å². The van der Waals surface area contributed by atoms with E-state index in [0.29, 0.717) is 18.8 Å². The Morgan fingerprint density at radius 2 is 2.18 bits per heavy atom. The first-order valence-corrected chi connectivity index (χ1v) is 6.93. The standard InChI is InChI=1S/C14H18N4O4/c1-4-10(19)17-6-7-18(11(20)8-17)14-15-9(3)12(16-14)13(21)22-5-2/h4H,1,5-8H2,2-3H3,(H,15,16). The van der Waals surface area contributed by atoms with E-state index in [1.54, 1.807) is 13.8 Å². The predicted molar refractivity (Wildman–Crippen MR) is 78.4 cm³/mol. The molecule has 0 aliphatic carbocycles. The second kappa shape index (κ2) is 6.42. The maximum absolute atomic E-state index is 12.2. The number of esters is 1. The van der Waals surface area contributed by atoms with Crippen molar-refractivity contribution >= 4 is 23.7 Å². The summed E-state index contributed by atoms with van der Waals surface area (Å²) in [6.07, 6.45) is 1.18. The molecule has 1 aliphatic heterocycles. The smallest absolute Gasteiger partial charge is 0.358 e. The van der Waals surface area contributed by atoms with E-state index in [9.17, 15) is 14.4 Å². The van der Waals surface area contributed by atoms with Gasteiger partial charge in [-0.2, -0.15) is 0 Å². The number of H-pyrrole nitrogens is 1. The summed E-state index contributed by atoms with van der Waals surface area (Å²) >= 11 is 0. The molecule has 8 heteroatoms. The number of amides is 2. The molecule has 8 nitrogen and oxygen atoms in total. The molecule has 1 N–H and O–H groups in total. The van der Waals surface area contributed by atoms with Gasteiger partial charge in [0.15, 0.2) is 5.69 Å². The second-order valence-electron chi connectivity index (χ2n) is 4.76. The van der Waals surface area contributed by atoms with Crippen molar-refractivity contribution in [3.05, 3.63) is 24.0 Å². The van der Waals surface area contributed by atoms with Crippen LogP contribution in [0.25, 0.3) is 0 Å². The van der Waals surface area contributed by atoms with Gasteiger partial charge in [-0.25, -0.2) is 9.78 Å². The molecule has 0 saturated carbocycles. The van der Waals surface area contributed by atoms with Gasteiger partial charge in [-0.05, 0) is 19.9 Å². The number of nitrogens with one attached hydrogen (secondary N) is 1. The van der Waals surface area contributed by atoms with Gasteiger partial charge in [-0.3, -0.25) is 14.5 Å². The van der Waals surface area contributed by atoms with Crippen molar-refractivity contribution in [1.82, 2.24) is 14.9 Å². The molecule has 1 aromatic heterocycles. The number of rotatable bonds is 4. The lowest BCUT2D eigenvalue weighted by molar-refractivity contribution is -0.133. The van der Waals surface area contributed by atoms with E-state index < -0.39 is 5.97 Å². The predicted octanol–water partition coefficient (Wildman–Crippen LogP) is 0.256. The number of carbonyl (C=O) groups is 3. The molecule has 0 unspecified atom stereocenters. The molecule has 1 fully saturated rings. The molecule has 1 aliphatic rings. The summed E-state index contributed by atoms with van der Waals surface area (Å²) in [5, 5.41) is 0. The van der Waals surface area contributed by atoms with Crippen LogP contribution < -0.4 is 4.90 Å². The Balaban J connectivity index is 2.15. The molecule has 1 saturated heterocycles. The zero-order valence-electron chi connectivity index (χ0n) is 12.6. The average molecular weight is 306 g/mol. The van der Waals surface area contributed by atoms with Gasteiger partial charge in [0.1, 0.15) is 6.54 Å². The highest BCUT2D eigenvalue weighted by atomic mass is 16.5. The lowest BCUT2D eigenvalue weighted by atomic mass is 10.3. The molecule has 2 amide bonds. The van der Waals surface area contributed by atoms with E-state index in [1.165, 1.54) is 15.9 Å². The normalized spacial score (nSPS) is 14.9. The minimum absolute atomic E-state index is 0.0423. The molecule has 1 aromatic rings. The van der Waals surface area contributed by atoms with Crippen molar-refractivity contribution in [2.24, 2.45) is 0 Å². The van der Waals surface area contributed by atoms with Gasteiger partial charge >= 0.3 is 5.97 Å². The lowest BCUT2D eigenvalue weighted by Crippen LogP contribution is -2.52. The summed E-state index contributed by atoms with van der Waals surface area (Å²) in [6.45, 7) is 7.69. The Morgan fingerprint density at radius 1 is 1.45 bits per heavy atom. The fourth-order valence-corrected chi connectivity index (χ4v) is 2.18. The molecule has 118 valence electrons. The minimum atomic E-state index is -0.532. The molecule has 0 bridgehead atoms. The van der Waals surface area contributed by atoms with Crippen LogP contribution in [0.3, 0.4) is 0 Å². The molecule has 2 heterocycles. The van der Waals surface area contributed by atoms with Crippen LogP contribution >= 0.6 is 0 Å². The second-order valence-corrected chi connectivity index (χ2v) is 4.76. The van der Waals surface area contributed by atoms with E-state index >= 15 is 0 Å². The van der Waals surface area contributed by atoms with Crippen LogP contribution in [0.2, 0.25) is 0 Å². The third-order valence-corrected chi connectivity index (χ3v) is 3.30. The minimum Gasteiger partial charge on any atom is -0.461 e. The first-order chi connectivity index (χ1) is 10.5. The van der Waals surface area contributed by atoms with Crippen molar-refractivity contribution in [1.29, 1.82) is 0 Å². The number of aromatic amines is 1. The third-order valence-electron chi connectivity index (χ3n) is 3.30. The van der Waals surface area contributed by atoms with Crippen LogP contribution in [0.15, 0.2) is 12.7 Å². The summed E-state index contributed by atoms with van der Waals surface area (Å²) in [6, 6.07) is 0. The third kappa shape index (κ3) is 3.00. The molecular weight excluding hydrogens is 288 g/mol. The number of carbonyl (C=O) groups excluding carboxylic acids is 3. The Labute approximate surface area is 127 Å². The highest BCUT2D eigenvalue weighted by Crippen LogP contribution is 2.17. The number of imidazole rings is 1. The lowest BCUT2D eigenvalue weighted by Gasteiger charge is -2.32. The van der Waals surface area contributed by atoms with Crippen molar-refractivity contribution in [2.75, 3.05) is 31.1 Å². The van der Waals surface area contributed by atoms with Gasteiger partial charge in [0.2, 0.25) is 17.8 Å². The Morgan fingerprint density at radius 3 is 2.77 bits per heavy atom. The number of hydrogen-bond acceptors (Lipinski definition) is 5. The molecule has 0 radical (unpaired) electrons. The van der Waals surface area contributed by atoms with Gasteiger partial charge in [0, 0.05) is 18.8 Å². The molecule has 2 rings (SSSR count). The first-order valence-electron chi connectivity index (χ1n) is 6.93. The maximum Gasteiger partial charge on any atom is 0.358 e. The van der Waals surface area contributed by atoms with Gasteiger partial charge in [-0.15, -0.1) is 0 Å². The number of hydrogen-bond donors (Lipinski definition) is 1. The quantitative estimate of drug-likeness (QED) is 0.636. The number of ether oxygens (including phenoxy) is 1. The van der Waals surface area contributed by atoms with Crippen molar-refractivity contribution in [2.45, 2.75) is 13.8 Å². The highest BCUT2D eigenvalue weighted by Gasteiger charge is 2.29. The van der Waals surface area contributed by atoms with Gasteiger partial charge in [0.25, 0.3) is 0 Å². The van der Waals surface area contributed by atoms with Gasteiger partial charge in [-0.1, -0.05) is 6.58 Å². The monoisotopic (exact) mass is 306 g/mol. The number of aryl methyl sites for hydroxylation is 1. The van der Waals surface area contributed by atoms with Crippen LogP contribution in [0.5, 0.6) is 0 Å². The largest absolute Gasteiger partial charge is 0.461 e. The summed E-state index contributed by atoms with van der Waals surface area (Å²) in [5.74, 6) is -0.798. The molecule has 22 heavy (non-hydrogen) atoms. The Hall–Kier alpha value is -2.64.